The lowest BCUT2D eigenvalue weighted by Crippen LogP contribution is -2.37. The maximum absolute atomic E-state index is 13.8. The summed E-state index contributed by atoms with van der Waals surface area (Å²) in [6.07, 6.45) is 6.47. The van der Waals surface area contributed by atoms with Gasteiger partial charge in [-0.1, -0.05) is 55.3 Å². The Balaban J connectivity index is 1.30. The van der Waals surface area contributed by atoms with Crippen LogP contribution in [0, 0.1) is 19.3 Å². The highest BCUT2D eigenvalue weighted by Crippen LogP contribution is 2.54. The number of hydrogen-bond acceptors (Lipinski definition) is 7. The summed E-state index contributed by atoms with van der Waals surface area (Å²) in [5.41, 5.74) is 9.21. The number of esters is 1. The molecule has 1 saturated carbocycles. The van der Waals surface area contributed by atoms with E-state index >= 15 is 0 Å². The van der Waals surface area contributed by atoms with E-state index in [0.29, 0.717) is 0 Å². The first-order chi connectivity index (χ1) is 22.3. The molecule has 8 heteroatoms. The van der Waals surface area contributed by atoms with Crippen molar-refractivity contribution in [1.82, 2.24) is 24.9 Å². The van der Waals surface area contributed by atoms with E-state index in [-0.39, 0.29) is 18.0 Å². The molecule has 0 amide bonds. The van der Waals surface area contributed by atoms with Crippen LogP contribution in [0.15, 0.2) is 60.8 Å². The van der Waals surface area contributed by atoms with E-state index in [0.717, 1.165) is 102 Å². The molecular weight excluding hydrogens is 574 g/mol. The Morgan fingerprint density at radius 1 is 1.11 bits per heavy atom. The molecule has 1 aliphatic carbocycles. The summed E-state index contributed by atoms with van der Waals surface area (Å²) >= 11 is 0. The van der Waals surface area contributed by atoms with Crippen molar-refractivity contribution >= 4 is 27.9 Å². The Morgan fingerprint density at radius 3 is 2.72 bits per heavy atom. The zero-order valence-electron chi connectivity index (χ0n) is 27.5. The zero-order valence-corrected chi connectivity index (χ0v) is 27.5. The van der Waals surface area contributed by atoms with Gasteiger partial charge >= 0.3 is 5.97 Å². The van der Waals surface area contributed by atoms with Gasteiger partial charge in [-0.2, -0.15) is 0 Å². The lowest BCUT2D eigenvalue weighted by atomic mass is 9.66. The van der Waals surface area contributed by atoms with Gasteiger partial charge in [0.2, 0.25) is 0 Å². The van der Waals surface area contributed by atoms with Crippen molar-refractivity contribution < 1.29 is 14.3 Å². The van der Waals surface area contributed by atoms with Crippen molar-refractivity contribution in [2.75, 3.05) is 13.7 Å². The van der Waals surface area contributed by atoms with Crippen LogP contribution in [0.3, 0.4) is 0 Å². The summed E-state index contributed by atoms with van der Waals surface area (Å²) in [6, 6.07) is 19.5. The van der Waals surface area contributed by atoms with Crippen LogP contribution < -0.4 is 4.74 Å². The molecular formula is C38H43N5O3. The van der Waals surface area contributed by atoms with Crippen LogP contribution in [0.25, 0.3) is 21.9 Å². The van der Waals surface area contributed by atoms with Crippen LogP contribution in [-0.4, -0.2) is 50.6 Å². The Hall–Kier alpha value is -4.30. The van der Waals surface area contributed by atoms with Crippen molar-refractivity contribution in [3.8, 4) is 5.75 Å². The van der Waals surface area contributed by atoms with Crippen LogP contribution >= 0.6 is 0 Å². The number of nitrogens with zero attached hydrogens (tertiary/aromatic N) is 5. The van der Waals surface area contributed by atoms with E-state index in [1.54, 1.807) is 0 Å². The molecule has 8 nitrogen and oxygen atoms in total. The number of rotatable bonds is 7. The quantitative estimate of drug-likeness (QED) is 0.179. The van der Waals surface area contributed by atoms with Crippen molar-refractivity contribution in [2.45, 2.75) is 78.0 Å². The average Bonchev–Trinajstić information content (AvgIpc) is 3.66. The molecule has 0 saturated heterocycles. The van der Waals surface area contributed by atoms with E-state index in [4.69, 9.17) is 9.47 Å². The number of carbonyl (C=O) groups is 1. The topological polar surface area (TPSA) is 82.4 Å². The third kappa shape index (κ3) is 5.22. The molecule has 0 N–H and O–H groups in total. The minimum absolute atomic E-state index is 0.0917. The molecule has 5 aromatic rings. The summed E-state index contributed by atoms with van der Waals surface area (Å²) in [6.45, 7) is 8.88. The second-order valence-electron chi connectivity index (χ2n) is 13.3. The van der Waals surface area contributed by atoms with Gasteiger partial charge in [0.05, 0.1) is 23.6 Å². The number of pyridine rings is 1. The highest BCUT2D eigenvalue weighted by Gasteiger charge is 2.50. The van der Waals surface area contributed by atoms with E-state index in [1.165, 1.54) is 18.2 Å². The van der Waals surface area contributed by atoms with E-state index in [1.807, 2.05) is 24.0 Å². The average molecular weight is 618 g/mol. The summed E-state index contributed by atoms with van der Waals surface area (Å²) in [4.78, 5) is 20.9. The lowest BCUT2D eigenvalue weighted by molar-refractivity contribution is -0.153. The fraction of sp³-hybridized carbons (Fsp3) is 0.421. The molecule has 2 aromatic heterocycles. The molecule has 0 bridgehead atoms. The lowest BCUT2D eigenvalue weighted by Gasteiger charge is -2.37. The predicted octanol–water partition coefficient (Wildman–Crippen LogP) is 7.17. The van der Waals surface area contributed by atoms with Gasteiger partial charge in [-0.3, -0.25) is 14.7 Å². The Bertz CT molecular complexity index is 1930. The molecule has 1 unspecified atom stereocenters. The van der Waals surface area contributed by atoms with Gasteiger partial charge in [0.25, 0.3) is 0 Å². The van der Waals surface area contributed by atoms with Crippen molar-refractivity contribution in [2.24, 2.45) is 12.5 Å². The van der Waals surface area contributed by atoms with Crippen LogP contribution in [0.5, 0.6) is 5.75 Å². The number of aryl methyl sites for hydroxylation is 3. The van der Waals surface area contributed by atoms with Crippen LogP contribution in [0.4, 0.5) is 0 Å². The Morgan fingerprint density at radius 2 is 1.93 bits per heavy atom. The first kappa shape index (κ1) is 30.4. The Labute approximate surface area is 270 Å². The minimum Gasteiger partial charge on any atom is -0.489 e. The van der Waals surface area contributed by atoms with Gasteiger partial charge in [0.15, 0.2) is 0 Å². The highest BCUT2D eigenvalue weighted by atomic mass is 16.5. The maximum Gasteiger partial charge on any atom is 0.312 e. The second-order valence-corrected chi connectivity index (χ2v) is 13.3. The van der Waals surface area contributed by atoms with Gasteiger partial charge in [0.1, 0.15) is 17.4 Å². The van der Waals surface area contributed by atoms with Crippen LogP contribution in [0.1, 0.15) is 78.3 Å². The van der Waals surface area contributed by atoms with Crippen molar-refractivity contribution in [3.63, 3.8) is 0 Å². The number of methoxy groups -OCH3 is 1. The first-order valence-corrected chi connectivity index (χ1v) is 16.5. The molecule has 1 fully saturated rings. The normalized spacial score (nSPS) is 18.7. The first-order valence-electron chi connectivity index (χ1n) is 16.5. The summed E-state index contributed by atoms with van der Waals surface area (Å²) in [7, 11) is 3.44. The molecule has 3 aromatic carbocycles. The molecule has 238 valence electrons. The number of ether oxygens (including phenoxy) is 2. The van der Waals surface area contributed by atoms with E-state index in [9.17, 15) is 4.79 Å². The van der Waals surface area contributed by atoms with Gasteiger partial charge in [-0.15, -0.1) is 5.10 Å². The van der Waals surface area contributed by atoms with Crippen LogP contribution in [0.2, 0.25) is 0 Å². The standard InChI is InChI=1S/C38H43N5O3/c1-6-30-23-43(22-29-19-32-26(10-9-17-39-32)20-34(29)46-30)21-28-18-27(12-11-24(28)2)35(38(37(44)45-5)15-7-8-16-38)31-13-14-33-36(25(31)3)40-41-42(33)4/h9-14,17-20,30,35H,6-8,15-16,21-23H2,1-5H3/t30-,35?/m1/s1. The minimum atomic E-state index is -0.640. The fourth-order valence-corrected chi connectivity index (χ4v) is 7.98. The molecule has 0 spiro atoms. The monoisotopic (exact) mass is 617 g/mol. The Kier molecular flexibility index (Phi) is 8.01. The molecule has 0 radical (unpaired) electrons. The second kappa shape index (κ2) is 12.1. The molecule has 2 aliphatic rings. The number of benzene rings is 3. The zero-order chi connectivity index (χ0) is 32.0. The fourth-order valence-electron chi connectivity index (χ4n) is 7.98. The van der Waals surface area contributed by atoms with Crippen molar-refractivity contribution in [3.05, 3.63) is 94.2 Å². The molecule has 2 atom stereocenters. The summed E-state index contributed by atoms with van der Waals surface area (Å²) in [5.74, 6) is 0.669. The van der Waals surface area contributed by atoms with E-state index in [2.05, 4.69) is 89.5 Å². The van der Waals surface area contributed by atoms with Gasteiger partial charge in [-0.05, 0) is 85.2 Å². The molecule has 3 heterocycles. The van der Waals surface area contributed by atoms with Crippen LogP contribution in [-0.2, 0) is 29.7 Å². The maximum atomic E-state index is 13.8. The summed E-state index contributed by atoms with van der Waals surface area (Å²) in [5, 5.41) is 9.91. The number of carbonyl (C=O) groups excluding carboxylic acids is 1. The molecule has 7 rings (SSSR count). The van der Waals surface area contributed by atoms with Gasteiger partial charge < -0.3 is 9.47 Å². The molecule has 1 aliphatic heterocycles. The smallest absolute Gasteiger partial charge is 0.312 e. The highest BCUT2D eigenvalue weighted by molar-refractivity contribution is 5.83. The SMILES string of the molecule is CC[C@@H]1CN(Cc2cc(C(c3ccc4c(nnn4C)c3C)C3(C(=O)OC)CCCC3)ccc2C)Cc2cc3ncccc3cc2O1. The van der Waals surface area contributed by atoms with Gasteiger partial charge in [-0.25, -0.2) is 4.68 Å². The largest absolute Gasteiger partial charge is 0.489 e. The number of fused-ring (bicyclic) bond motifs is 3. The third-order valence-corrected chi connectivity index (χ3v) is 10.5. The third-order valence-electron chi connectivity index (χ3n) is 10.5. The predicted molar refractivity (Wildman–Crippen MR) is 180 cm³/mol. The number of hydrogen-bond donors (Lipinski definition) is 0. The summed E-state index contributed by atoms with van der Waals surface area (Å²) < 4.78 is 13.9. The van der Waals surface area contributed by atoms with E-state index < -0.39 is 5.41 Å². The molecule has 46 heavy (non-hydrogen) atoms. The van der Waals surface area contributed by atoms with Gasteiger partial charge in [0, 0.05) is 49.7 Å². The number of aromatic nitrogens is 4. The van der Waals surface area contributed by atoms with Crippen molar-refractivity contribution in [1.29, 1.82) is 0 Å².